The van der Waals surface area contributed by atoms with Gasteiger partial charge in [0.1, 0.15) is 22.7 Å². The first-order chi connectivity index (χ1) is 15.9. The van der Waals surface area contributed by atoms with Crippen molar-refractivity contribution in [3.63, 3.8) is 0 Å². The number of anilines is 2. The summed E-state index contributed by atoms with van der Waals surface area (Å²) in [6.07, 6.45) is -4.33. The maximum absolute atomic E-state index is 14.5. The second-order valence-electron chi connectivity index (χ2n) is 7.70. The molecule has 0 unspecified atom stereocenters. The number of nitrogens with zero attached hydrogens (tertiary/aromatic N) is 4. The van der Waals surface area contributed by atoms with Crippen LogP contribution in [0.3, 0.4) is 0 Å². The highest BCUT2D eigenvalue weighted by Gasteiger charge is 2.45. The lowest BCUT2D eigenvalue weighted by molar-refractivity contribution is -0.137. The standard InChI is InChI=1S/C21H21ClF5N5O2/c1-11-8-12(21(25,26)27)9-16(29-11)32-15(10-31(20(32)34)7-3-6-28)19(33)30(2)14-5-4-13(23)17(22)18(14)24/h4-5,8-9,15H,3,6-7,10,28H2,1-2H3/t15-/m0/s1. The van der Waals surface area contributed by atoms with Crippen LogP contribution in [-0.2, 0) is 11.0 Å². The van der Waals surface area contributed by atoms with Gasteiger partial charge >= 0.3 is 12.2 Å². The molecule has 1 fully saturated rings. The Morgan fingerprint density at radius 2 is 1.97 bits per heavy atom. The number of carbonyl (C=O) groups excluding carboxylic acids is 2. The molecule has 1 aromatic carbocycles. The predicted octanol–water partition coefficient (Wildman–Crippen LogP) is 3.96. The number of benzene rings is 1. The lowest BCUT2D eigenvalue weighted by Gasteiger charge is -2.27. The summed E-state index contributed by atoms with van der Waals surface area (Å²) in [6, 6.07) is 1.27. The SMILES string of the molecule is Cc1cc(C(F)(F)F)cc(N2C(=O)N(CCCN)C[C@H]2C(=O)N(C)c2ccc(F)c(Cl)c2F)n1. The van der Waals surface area contributed by atoms with Crippen LogP contribution in [0.4, 0.5) is 38.3 Å². The maximum Gasteiger partial charge on any atom is 0.416 e. The second kappa shape index (κ2) is 9.71. The van der Waals surface area contributed by atoms with Crippen molar-refractivity contribution in [1.82, 2.24) is 9.88 Å². The summed E-state index contributed by atoms with van der Waals surface area (Å²) in [4.78, 5) is 33.4. The average Bonchev–Trinajstić information content (AvgIpc) is 3.10. The van der Waals surface area contributed by atoms with Crippen LogP contribution in [0.5, 0.6) is 0 Å². The number of hydrogen-bond acceptors (Lipinski definition) is 4. The summed E-state index contributed by atoms with van der Waals surface area (Å²) in [5.41, 5.74) is 4.07. The molecule has 184 valence electrons. The van der Waals surface area contributed by atoms with Crippen LogP contribution in [0.1, 0.15) is 17.7 Å². The van der Waals surface area contributed by atoms with Gasteiger partial charge in [-0.25, -0.2) is 18.6 Å². The molecule has 2 N–H and O–H groups in total. The van der Waals surface area contributed by atoms with Crippen molar-refractivity contribution in [1.29, 1.82) is 0 Å². The highest BCUT2D eigenvalue weighted by Crippen LogP contribution is 2.34. The number of likely N-dealkylation sites (N-methyl/N-ethyl adjacent to an activating group) is 1. The molecule has 34 heavy (non-hydrogen) atoms. The Hall–Kier alpha value is -2.99. The number of pyridine rings is 1. The summed E-state index contributed by atoms with van der Waals surface area (Å²) in [5, 5.41) is -0.823. The van der Waals surface area contributed by atoms with Crippen molar-refractivity contribution < 1.29 is 31.5 Å². The van der Waals surface area contributed by atoms with E-state index in [0.717, 1.165) is 28.0 Å². The van der Waals surface area contributed by atoms with Crippen molar-refractivity contribution in [3.8, 4) is 0 Å². The lowest BCUT2D eigenvalue weighted by Crippen LogP contribution is -2.47. The van der Waals surface area contributed by atoms with Gasteiger partial charge in [0.2, 0.25) is 0 Å². The Kier molecular flexibility index (Phi) is 7.32. The molecule has 1 atom stereocenters. The minimum Gasteiger partial charge on any atom is -0.330 e. The van der Waals surface area contributed by atoms with E-state index in [4.69, 9.17) is 17.3 Å². The number of carbonyl (C=O) groups is 2. The Balaban J connectivity index is 2.05. The van der Waals surface area contributed by atoms with E-state index in [1.807, 2.05) is 0 Å². The Bertz CT molecular complexity index is 1110. The van der Waals surface area contributed by atoms with Crippen LogP contribution < -0.4 is 15.5 Å². The zero-order valence-electron chi connectivity index (χ0n) is 18.2. The second-order valence-corrected chi connectivity index (χ2v) is 8.08. The number of amides is 3. The van der Waals surface area contributed by atoms with E-state index in [-0.39, 0.29) is 36.8 Å². The number of hydrogen-bond donors (Lipinski definition) is 1. The molecule has 13 heteroatoms. The van der Waals surface area contributed by atoms with E-state index in [1.54, 1.807) is 0 Å². The lowest BCUT2D eigenvalue weighted by atomic mass is 10.1. The molecule has 2 heterocycles. The Morgan fingerprint density at radius 1 is 1.29 bits per heavy atom. The third-order valence-electron chi connectivity index (χ3n) is 5.32. The number of aromatic nitrogens is 1. The Labute approximate surface area is 196 Å². The quantitative estimate of drug-likeness (QED) is 0.476. The highest BCUT2D eigenvalue weighted by molar-refractivity contribution is 6.31. The fourth-order valence-corrected chi connectivity index (χ4v) is 3.78. The van der Waals surface area contributed by atoms with Gasteiger partial charge in [0.05, 0.1) is 17.8 Å². The topological polar surface area (TPSA) is 82.8 Å². The number of urea groups is 1. The van der Waals surface area contributed by atoms with E-state index in [1.165, 1.54) is 18.9 Å². The van der Waals surface area contributed by atoms with Crippen molar-refractivity contribution >= 4 is 35.0 Å². The summed E-state index contributed by atoms with van der Waals surface area (Å²) >= 11 is 5.61. The number of alkyl halides is 3. The monoisotopic (exact) mass is 505 g/mol. The zero-order valence-corrected chi connectivity index (χ0v) is 18.9. The molecule has 3 amide bonds. The normalized spacial score (nSPS) is 16.4. The molecular weight excluding hydrogens is 485 g/mol. The van der Waals surface area contributed by atoms with Gasteiger partial charge in [-0.1, -0.05) is 11.6 Å². The molecule has 7 nitrogen and oxygen atoms in total. The summed E-state index contributed by atoms with van der Waals surface area (Å²) < 4.78 is 68.2. The van der Waals surface area contributed by atoms with Gasteiger partial charge in [0.25, 0.3) is 5.91 Å². The first kappa shape index (κ1) is 25.6. The minimum atomic E-state index is -4.71. The highest BCUT2D eigenvalue weighted by atomic mass is 35.5. The fourth-order valence-electron chi connectivity index (χ4n) is 3.62. The van der Waals surface area contributed by atoms with Gasteiger partial charge in [-0.15, -0.1) is 0 Å². The van der Waals surface area contributed by atoms with Gasteiger partial charge in [-0.05, 0) is 44.2 Å². The summed E-state index contributed by atoms with van der Waals surface area (Å²) in [6.45, 7) is 1.51. The van der Waals surface area contributed by atoms with E-state index in [0.29, 0.717) is 12.5 Å². The van der Waals surface area contributed by atoms with Gasteiger partial charge < -0.3 is 15.5 Å². The molecule has 2 aromatic rings. The third-order valence-corrected chi connectivity index (χ3v) is 5.67. The van der Waals surface area contributed by atoms with Crippen LogP contribution in [0.15, 0.2) is 24.3 Å². The largest absolute Gasteiger partial charge is 0.416 e. The van der Waals surface area contributed by atoms with E-state index >= 15 is 0 Å². The van der Waals surface area contributed by atoms with Crippen LogP contribution in [0, 0.1) is 18.6 Å². The van der Waals surface area contributed by atoms with Gasteiger partial charge in [-0.2, -0.15) is 13.2 Å². The van der Waals surface area contributed by atoms with E-state index in [9.17, 15) is 31.5 Å². The Morgan fingerprint density at radius 3 is 2.59 bits per heavy atom. The molecule has 1 aliphatic rings. The number of nitrogens with two attached hydrogens (primary N) is 1. The molecule has 0 radical (unpaired) electrons. The molecule has 0 spiro atoms. The van der Waals surface area contributed by atoms with Gasteiger partial charge in [0, 0.05) is 19.3 Å². The predicted molar refractivity (Wildman–Crippen MR) is 116 cm³/mol. The maximum atomic E-state index is 14.5. The molecule has 0 bridgehead atoms. The van der Waals surface area contributed by atoms with E-state index < -0.39 is 46.4 Å². The molecule has 1 aliphatic heterocycles. The van der Waals surface area contributed by atoms with Gasteiger partial charge in [-0.3, -0.25) is 9.69 Å². The van der Waals surface area contributed by atoms with Gasteiger partial charge in [0.15, 0.2) is 5.82 Å². The van der Waals surface area contributed by atoms with Crippen LogP contribution in [0.25, 0.3) is 0 Å². The number of aryl methyl sites for hydroxylation is 1. The van der Waals surface area contributed by atoms with Crippen molar-refractivity contribution in [2.75, 3.05) is 36.5 Å². The molecule has 3 rings (SSSR count). The first-order valence-corrected chi connectivity index (χ1v) is 10.5. The molecule has 1 saturated heterocycles. The number of halogens is 6. The molecule has 0 saturated carbocycles. The van der Waals surface area contributed by atoms with Crippen LogP contribution >= 0.6 is 11.6 Å². The summed E-state index contributed by atoms with van der Waals surface area (Å²) in [7, 11) is 1.19. The fraction of sp³-hybridized carbons (Fsp3) is 0.381. The summed E-state index contributed by atoms with van der Waals surface area (Å²) in [5.74, 6) is -3.43. The van der Waals surface area contributed by atoms with Crippen LogP contribution in [-0.4, -0.2) is 54.5 Å². The molecule has 1 aromatic heterocycles. The smallest absolute Gasteiger partial charge is 0.330 e. The van der Waals surface area contributed by atoms with Crippen LogP contribution in [0.2, 0.25) is 5.02 Å². The van der Waals surface area contributed by atoms with E-state index in [2.05, 4.69) is 4.98 Å². The molecule has 0 aliphatic carbocycles. The molecular formula is C21H21ClF5N5O2. The minimum absolute atomic E-state index is 0.0195. The first-order valence-electron chi connectivity index (χ1n) is 10.1. The third kappa shape index (κ3) is 4.92. The van der Waals surface area contributed by atoms with Crippen molar-refractivity contribution in [3.05, 3.63) is 52.2 Å². The zero-order chi connectivity index (χ0) is 25.4. The van der Waals surface area contributed by atoms with Crippen molar-refractivity contribution in [2.45, 2.75) is 25.6 Å². The number of rotatable bonds is 6. The average molecular weight is 506 g/mol. The van der Waals surface area contributed by atoms with Crippen molar-refractivity contribution in [2.24, 2.45) is 5.73 Å².